The van der Waals surface area contributed by atoms with E-state index in [2.05, 4.69) is 5.32 Å². The van der Waals surface area contributed by atoms with Crippen molar-refractivity contribution >= 4 is 23.7 Å². The summed E-state index contributed by atoms with van der Waals surface area (Å²) in [5.41, 5.74) is 2.08. The van der Waals surface area contributed by atoms with Crippen LogP contribution in [0.25, 0.3) is 0 Å². The summed E-state index contributed by atoms with van der Waals surface area (Å²) in [7, 11) is 0. The minimum absolute atomic E-state index is 0.201. The molecule has 1 aliphatic rings. The summed E-state index contributed by atoms with van der Waals surface area (Å²) in [5.74, 6) is 2.57. The Morgan fingerprint density at radius 2 is 1.65 bits per heavy atom. The van der Waals surface area contributed by atoms with Crippen molar-refractivity contribution in [2.75, 3.05) is 13.2 Å². The van der Waals surface area contributed by atoms with Crippen LogP contribution in [0.1, 0.15) is 34.0 Å². The van der Waals surface area contributed by atoms with Gasteiger partial charge < -0.3 is 29.4 Å². The largest absolute Gasteiger partial charge is 0.506 e. The number of carbonyl (C=O) groups excluding carboxylic acids is 1. The second-order valence-electron chi connectivity index (χ2n) is 9.02. The van der Waals surface area contributed by atoms with Crippen molar-refractivity contribution in [2.24, 2.45) is 0 Å². The molecule has 5 rings (SSSR count). The minimum atomic E-state index is -1.36. The molecular weight excluding hydrogens is 534 g/mol. The first kappa shape index (κ1) is 26.9. The average Bonchev–Trinajstić information content (AvgIpc) is 2.95. The normalized spacial score (nSPS) is 13.9. The van der Waals surface area contributed by atoms with Gasteiger partial charge in [0.05, 0.1) is 11.6 Å². The van der Waals surface area contributed by atoms with Gasteiger partial charge in [-0.05, 0) is 66.6 Å². The van der Waals surface area contributed by atoms with Crippen LogP contribution in [0.5, 0.6) is 28.7 Å². The van der Waals surface area contributed by atoms with E-state index in [1.165, 1.54) is 0 Å². The molecular formula is C31H26ClNO7. The molecule has 1 unspecified atom stereocenters. The topological polar surface area (TPSA) is 103 Å². The van der Waals surface area contributed by atoms with Gasteiger partial charge in [0, 0.05) is 30.2 Å². The summed E-state index contributed by atoms with van der Waals surface area (Å²) >= 11 is 6.40. The van der Waals surface area contributed by atoms with E-state index in [9.17, 15) is 9.59 Å². The molecule has 8 nitrogen and oxygen atoms in total. The molecule has 0 aliphatic carbocycles. The van der Waals surface area contributed by atoms with E-state index in [0.29, 0.717) is 54.4 Å². The Hall–Kier alpha value is -4.69. The smallest absolute Gasteiger partial charge is 0.493 e. The van der Waals surface area contributed by atoms with Crippen LogP contribution in [-0.2, 0) is 11.2 Å². The number of carbonyl (C=O) groups is 2. The van der Waals surface area contributed by atoms with E-state index in [-0.39, 0.29) is 10.9 Å². The number of halogens is 1. The molecule has 4 aromatic rings. The number of rotatable bonds is 9. The van der Waals surface area contributed by atoms with Gasteiger partial charge in [-0.25, -0.2) is 4.79 Å². The van der Waals surface area contributed by atoms with Crippen LogP contribution in [0.4, 0.5) is 4.79 Å². The molecule has 204 valence electrons. The Morgan fingerprint density at radius 1 is 0.900 bits per heavy atom. The van der Waals surface area contributed by atoms with E-state index in [0.717, 1.165) is 17.1 Å². The minimum Gasteiger partial charge on any atom is -0.493 e. The maximum absolute atomic E-state index is 12.7. The van der Waals surface area contributed by atoms with Crippen molar-refractivity contribution in [3.8, 4) is 28.7 Å². The number of hydrogen-bond acceptors (Lipinski definition) is 6. The Bertz CT molecular complexity index is 1490. The Morgan fingerprint density at radius 3 is 2.42 bits per heavy atom. The van der Waals surface area contributed by atoms with E-state index < -0.39 is 12.3 Å². The van der Waals surface area contributed by atoms with Crippen molar-refractivity contribution in [2.45, 2.75) is 18.9 Å². The molecule has 0 aromatic heterocycles. The van der Waals surface area contributed by atoms with E-state index in [1.807, 2.05) is 54.6 Å². The highest BCUT2D eigenvalue weighted by Gasteiger charge is 2.27. The van der Waals surface area contributed by atoms with Gasteiger partial charge in [-0.15, -0.1) is 0 Å². The molecule has 40 heavy (non-hydrogen) atoms. The van der Waals surface area contributed by atoms with Crippen LogP contribution >= 0.6 is 11.6 Å². The second kappa shape index (κ2) is 12.4. The van der Waals surface area contributed by atoms with Crippen LogP contribution in [0.3, 0.4) is 0 Å². The highest BCUT2D eigenvalue weighted by molar-refractivity contribution is 6.32. The van der Waals surface area contributed by atoms with E-state index in [1.54, 1.807) is 36.4 Å². The van der Waals surface area contributed by atoms with Gasteiger partial charge in [0.1, 0.15) is 34.9 Å². The molecule has 0 fully saturated rings. The molecule has 0 saturated carbocycles. The first-order chi connectivity index (χ1) is 19.4. The summed E-state index contributed by atoms with van der Waals surface area (Å²) < 4.78 is 22.4. The van der Waals surface area contributed by atoms with Crippen LogP contribution in [0.2, 0.25) is 5.02 Å². The molecule has 1 aliphatic heterocycles. The van der Waals surface area contributed by atoms with Crippen molar-refractivity contribution < 1.29 is 33.6 Å². The quantitative estimate of drug-likeness (QED) is 0.206. The number of benzene rings is 4. The van der Waals surface area contributed by atoms with Gasteiger partial charge in [0.15, 0.2) is 0 Å². The lowest BCUT2D eigenvalue weighted by Gasteiger charge is -2.25. The molecule has 0 spiro atoms. The first-order valence-corrected chi connectivity index (χ1v) is 13.1. The van der Waals surface area contributed by atoms with Gasteiger partial charge >= 0.3 is 6.16 Å². The fraction of sp³-hybridized carbons (Fsp3) is 0.161. The predicted molar refractivity (Wildman–Crippen MR) is 149 cm³/mol. The maximum Gasteiger partial charge on any atom is 0.506 e. The highest BCUT2D eigenvalue weighted by Crippen LogP contribution is 2.42. The third kappa shape index (κ3) is 6.84. The SMILES string of the molecule is O=C(O)OC1CCOc2cc(Oc3ccc(C(=O)NCCc4cccc(Oc5ccccc5)c4)cc3)c(Cl)cc21. The average molecular weight is 560 g/mol. The predicted octanol–water partition coefficient (Wildman–Crippen LogP) is 7.42. The van der Waals surface area contributed by atoms with Gasteiger partial charge in [-0.1, -0.05) is 41.9 Å². The molecule has 9 heteroatoms. The highest BCUT2D eigenvalue weighted by atomic mass is 35.5. The van der Waals surface area contributed by atoms with Crippen molar-refractivity contribution in [1.29, 1.82) is 0 Å². The fourth-order valence-corrected chi connectivity index (χ4v) is 4.50. The molecule has 1 atom stereocenters. The lowest BCUT2D eigenvalue weighted by molar-refractivity contribution is 0.0326. The van der Waals surface area contributed by atoms with Gasteiger partial charge in [-0.3, -0.25) is 4.79 Å². The summed E-state index contributed by atoms with van der Waals surface area (Å²) in [5, 5.41) is 12.2. The van der Waals surface area contributed by atoms with Crippen LogP contribution in [0.15, 0.2) is 91.0 Å². The summed E-state index contributed by atoms with van der Waals surface area (Å²) in [6.45, 7) is 0.770. The standard InChI is InChI=1S/C31H26ClNO7/c32-26-18-25-27(40-31(35)36)14-16-37-28(25)19-29(26)39-23-11-9-21(10-12-23)30(34)33-15-13-20-5-4-8-24(17-20)38-22-6-2-1-3-7-22/h1-12,17-19,27H,13-16H2,(H,33,34)(H,35,36). The van der Waals surface area contributed by atoms with E-state index in [4.69, 9.17) is 35.7 Å². The molecule has 0 saturated heterocycles. The van der Waals surface area contributed by atoms with E-state index >= 15 is 0 Å². The number of fused-ring (bicyclic) bond motifs is 1. The maximum atomic E-state index is 12.7. The fourth-order valence-electron chi connectivity index (χ4n) is 4.29. The molecule has 0 radical (unpaired) electrons. The second-order valence-corrected chi connectivity index (χ2v) is 9.43. The van der Waals surface area contributed by atoms with Gasteiger partial charge in [0.2, 0.25) is 0 Å². The van der Waals surface area contributed by atoms with Crippen molar-refractivity contribution in [3.05, 3.63) is 113 Å². The Kier molecular flexibility index (Phi) is 8.37. The number of para-hydroxylation sites is 1. The summed E-state index contributed by atoms with van der Waals surface area (Å²) in [4.78, 5) is 23.7. The molecule has 0 bridgehead atoms. The zero-order valence-corrected chi connectivity index (χ0v) is 22.1. The molecule has 1 heterocycles. The summed E-state index contributed by atoms with van der Waals surface area (Å²) in [6.07, 6.45) is -0.969. The number of hydrogen-bond donors (Lipinski definition) is 2. The lowest BCUT2D eigenvalue weighted by atomic mass is 10.0. The molecule has 4 aromatic carbocycles. The number of amides is 1. The molecule has 1 amide bonds. The third-order valence-corrected chi connectivity index (χ3v) is 6.51. The van der Waals surface area contributed by atoms with Crippen LogP contribution in [0, 0.1) is 0 Å². The number of carboxylic acid groups (broad SMARTS) is 1. The zero-order valence-electron chi connectivity index (χ0n) is 21.3. The first-order valence-electron chi connectivity index (χ1n) is 12.7. The number of ether oxygens (including phenoxy) is 4. The Labute approximate surface area is 236 Å². The van der Waals surface area contributed by atoms with Crippen molar-refractivity contribution in [3.63, 3.8) is 0 Å². The number of nitrogens with one attached hydrogen (secondary N) is 1. The van der Waals surface area contributed by atoms with Gasteiger partial charge in [-0.2, -0.15) is 0 Å². The summed E-state index contributed by atoms with van der Waals surface area (Å²) in [6, 6.07) is 27.2. The van der Waals surface area contributed by atoms with Crippen LogP contribution < -0.4 is 19.5 Å². The molecule has 2 N–H and O–H groups in total. The zero-order chi connectivity index (χ0) is 27.9. The van der Waals surface area contributed by atoms with Crippen molar-refractivity contribution in [1.82, 2.24) is 5.32 Å². The third-order valence-electron chi connectivity index (χ3n) is 6.21. The van der Waals surface area contributed by atoms with Crippen LogP contribution in [-0.4, -0.2) is 30.3 Å². The Balaban J connectivity index is 1.15. The lowest BCUT2D eigenvalue weighted by Crippen LogP contribution is -2.25. The van der Waals surface area contributed by atoms with Gasteiger partial charge in [0.25, 0.3) is 5.91 Å². The monoisotopic (exact) mass is 559 g/mol.